The number of amides is 1. The third kappa shape index (κ3) is 5.58. The maximum atomic E-state index is 13.7. The first-order chi connectivity index (χ1) is 11.5. The van der Waals surface area contributed by atoms with Crippen molar-refractivity contribution in [2.24, 2.45) is 0 Å². The van der Waals surface area contributed by atoms with E-state index in [1.165, 1.54) is 12.1 Å². The van der Waals surface area contributed by atoms with Crippen molar-refractivity contribution in [3.8, 4) is 0 Å². The molecule has 0 fully saturated rings. The van der Waals surface area contributed by atoms with Gasteiger partial charge in [-0.1, -0.05) is 29.8 Å². The minimum absolute atomic E-state index is 0.0491. The summed E-state index contributed by atoms with van der Waals surface area (Å²) in [6.45, 7) is 2.25. The Bertz CT molecular complexity index is 709. The molecule has 128 valence electrons. The van der Waals surface area contributed by atoms with Gasteiger partial charge in [-0.3, -0.25) is 4.79 Å². The van der Waals surface area contributed by atoms with Gasteiger partial charge in [-0.05, 0) is 37.1 Å². The molecule has 1 atom stereocenters. The van der Waals surface area contributed by atoms with E-state index >= 15 is 0 Å². The molecule has 2 N–H and O–H groups in total. The van der Waals surface area contributed by atoms with Gasteiger partial charge >= 0.3 is 0 Å². The highest BCUT2D eigenvalue weighted by Crippen LogP contribution is 2.17. The first-order valence-electron chi connectivity index (χ1n) is 7.65. The monoisotopic (exact) mass is 352 g/mol. The van der Waals surface area contributed by atoms with Crippen molar-refractivity contribution in [1.29, 1.82) is 0 Å². The smallest absolute Gasteiger partial charge is 0.233 e. The quantitative estimate of drug-likeness (QED) is 0.799. The molecule has 0 bridgehead atoms. The highest BCUT2D eigenvalue weighted by atomic mass is 35.5. The van der Waals surface area contributed by atoms with E-state index < -0.39 is 17.7 Å². The molecule has 6 heteroatoms. The molecule has 0 radical (unpaired) electrons. The largest absolute Gasteiger partial charge is 0.355 e. The van der Waals surface area contributed by atoms with Crippen LogP contribution in [0.15, 0.2) is 42.5 Å². The van der Waals surface area contributed by atoms with Gasteiger partial charge in [-0.25, -0.2) is 8.78 Å². The number of hydrogen-bond donors (Lipinski definition) is 2. The van der Waals surface area contributed by atoms with Crippen molar-refractivity contribution in [3.05, 3.63) is 70.2 Å². The zero-order chi connectivity index (χ0) is 17.5. The van der Waals surface area contributed by atoms with Gasteiger partial charge in [0.25, 0.3) is 0 Å². The number of halogens is 3. The Labute approximate surface area is 145 Å². The zero-order valence-electron chi connectivity index (χ0n) is 13.3. The highest BCUT2D eigenvalue weighted by Gasteiger charge is 2.12. The molecule has 0 spiro atoms. The molecule has 2 aromatic rings. The summed E-state index contributed by atoms with van der Waals surface area (Å²) >= 11 is 5.90. The van der Waals surface area contributed by atoms with Gasteiger partial charge in [-0.15, -0.1) is 0 Å². The van der Waals surface area contributed by atoms with Crippen LogP contribution in [0.5, 0.6) is 0 Å². The van der Waals surface area contributed by atoms with Crippen molar-refractivity contribution >= 4 is 17.5 Å². The molecular weight excluding hydrogens is 334 g/mol. The van der Waals surface area contributed by atoms with E-state index in [-0.39, 0.29) is 12.5 Å². The van der Waals surface area contributed by atoms with Gasteiger partial charge < -0.3 is 10.6 Å². The molecule has 0 aliphatic rings. The van der Waals surface area contributed by atoms with Crippen LogP contribution >= 0.6 is 11.6 Å². The Hall–Kier alpha value is -1.98. The SMILES string of the molecule is C[C@@H](NCC(=O)NCCc1cccc(Cl)c1)c1ccc(F)cc1F. The third-order valence-corrected chi connectivity index (χ3v) is 3.86. The second kappa shape index (κ2) is 8.76. The first-order valence-corrected chi connectivity index (χ1v) is 8.03. The fraction of sp³-hybridized carbons (Fsp3) is 0.278. The van der Waals surface area contributed by atoms with E-state index in [2.05, 4.69) is 10.6 Å². The van der Waals surface area contributed by atoms with E-state index in [1.54, 1.807) is 13.0 Å². The lowest BCUT2D eigenvalue weighted by Crippen LogP contribution is -2.36. The van der Waals surface area contributed by atoms with E-state index in [0.29, 0.717) is 23.6 Å². The lowest BCUT2D eigenvalue weighted by atomic mass is 10.1. The molecule has 0 aliphatic heterocycles. The van der Waals surface area contributed by atoms with Crippen molar-refractivity contribution in [3.63, 3.8) is 0 Å². The molecule has 3 nitrogen and oxygen atoms in total. The van der Waals surface area contributed by atoms with Gasteiger partial charge in [0.1, 0.15) is 11.6 Å². The number of hydrogen-bond acceptors (Lipinski definition) is 2. The zero-order valence-corrected chi connectivity index (χ0v) is 14.0. The summed E-state index contributed by atoms with van der Waals surface area (Å²) in [6, 6.07) is 10.5. The Morgan fingerprint density at radius 3 is 2.71 bits per heavy atom. The fourth-order valence-corrected chi connectivity index (χ4v) is 2.52. The lowest BCUT2D eigenvalue weighted by Gasteiger charge is -2.15. The summed E-state index contributed by atoms with van der Waals surface area (Å²) in [5.74, 6) is -1.44. The van der Waals surface area contributed by atoms with Crippen LogP contribution in [-0.4, -0.2) is 19.0 Å². The minimum atomic E-state index is -0.628. The molecule has 0 heterocycles. The predicted molar refractivity (Wildman–Crippen MR) is 90.9 cm³/mol. The van der Waals surface area contributed by atoms with E-state index in [4.69, 9.17) is 11.6 Å². The summed E-state index contributed by atoms with van der Waals surface area (Å²) in [7, 11) is 0. The van der Waals surface area contributed by atoms with Crippen LogP contribution in [0, 0.1) is 11.6 Å². The average Bonchev–Trinajstić information content (AvgIpc) is 2.53. The van der Waals surface area contributed by atoms with Crippen LogP contribution in [0.1, 0.15) is 24.1 Å². The van der Waals surface area contributed by atoms with E-state index in [0.717, 1.165) is 11.6 Å². The Balaban J connectivity index is 1.74. The maximum absolute atomic E-state index is 13.7. The molecule has 2 rings (SSSR count). The molecule has 24 heavy (non-hydrogen) atoms. The van der Waals surface area contributed by atoms with Gasteiger partial charge in [0, 0.05) is 29.2 Å². The van der Waals surface area contributed by atoms with Crippen LogP contribution in [0.2, 0.25) is 5.02 Å². The molecule has 0 saturated carbocycles. The summed E-state index contributed by atoms with van der Waals surface area (Å²) in [5.41, 5.74) is 1.36. The molecule has 0 aliphatic carbocycles. The summed E-state index contributed by atoms with van der Waals surface area (Å²) in [6.07, 6.45) is 0.675. The molecule has 1 amide bonds. The Morgan fingerprint density at radius 1 is 1.21 bits per heavy atom. The van der Waals surface area contributed by atoms with Gasteiger partial charge in [0.15, 0.2) is 0 Å². The highest BCUT2D eigenvalue weighted by molar-refractivity contribution is 6.30. The predicted octanol–water partition coefficient (Wildman–Crippen LogP) is 3.63. The van der Waals surface area contributed by atoms with Gasteiger partial charge in [-0.2, -0.15) is 0 Å². The van der Waals surface area contributed by atoms with Crippen molar-refractivity contribution in [2.45, 2.75) is 19.4 Å². The van der Waals surface area contributed by atoms with Crippen LogP contribution in [0.4, 0.5) is 8.78 Å². The van der Waals surface area contributed by atoms with Crippen LogP contribution in [0.25, 0.3) is 0 Å². The second-order valence-electron chi connectivity index (χ2n) is 5.50. The number of carbonyl (C=O) groups excluding carboxylic acids is 1. The summed E-state index contributed by atoms with van der Waals surface area (Å²) in [4.78, 5) is 11.8. The second-order valence-corrected chi connectivity index (χ2v) is 5.93. The topological polar surface area (TPSA) is 41.1 Å². The van der Waals surface area contributed by atoms with Crippen molar-refractivity contribution in [2.75, 3.05) is 13.1 Å². The van der Waals surface area contributed by atoms with Crippen LogP contribution in [0.3, 0.4) is 0 Å². The Morgan fingerprint density at radius 2 is 2.00 bits per heavy atom. The van der Waals surface area contributed by atoms with Crippen molar-refractivity contribution < 1.29 is 13.6 Å². The third-order valence-electron chi connectivity index (χ3n) is 3.62. The Kier molecular flexibility index (Phi) is 6.70. The van der Waals surface area contributed by atoms with Crippen LogP contribution in [-0.2, 0) is 11.2 Å². The minimum Gasteiger partial charge on any atom is -0.355 e. The van der Waals surface area contributed by atoms with Crippen LogP contribution < -0.4 is 10.6 Å². The normalized spacial score (nSPS) is 12.0. The number of nitrogens with one attached hydrogen (secondary N) is 2. The average molecular weight is 353 g/mol. The van der Waals surface area contributed by atoms with Gasteiger partial charge in [0.05, 0.1) is 6.54 Å². The molecule has 0 aromatic heterocycles. The molecule has 2 aromatic carbocycles. The number of benzene rings is 2. The fourth-order valence-electron chi connectivity index (χ4n) is 2.31. The maximum Gasteiger partial charge on any atom is 0.233 e. The van der Waals surface area contributed by atoms with Crippen molar-refractivity contribution in [1.82, 2.24) is 10.6 Å². The standard InChI is InChI=1S/C18H19ClF2N2O/c1-12(16-6-5-15(20)10-17(16)21)23-11-18(24)22-8-7-13-3-2-4-14(19)9-13/h2-6,9-10,12,23H,7-8,11H2,1H3,(H,22,24)/t12-/m1/s1. The molecule has 0 unspecified atom stereocenters. The summed E-state index contributed by atoms with van der Waals surface area (Å²) in [5, 5.41) is 6.37. The molecular formula is C18H19ClF2N2O. The number of carbonyl (C=O) groups is 1. The first kappa shape index (κ1) is 18.4. The number of rotatable bonds is 7. The lowest BCUT2D eigenvalue weighted by molar-refractivity contribution is -0.120. The van der Waals surface area contributed by atoms with Gasteiger partial charge in [0.2, 0.25) is 5.91 Å². The summed E-state index contributed by atoms with van der Waals surface area (Å²) < 4.78 is 26.6. The molecule has 0 saturated heterocycles. The van der Waals surface area contributed by atoms with E-state index in [1.807, 2.05) is 18.2 Å². The van der Waals surface area contributed by atoms with E-state index in [9.17, 15) is 13.6 Å².